The van der Waals surface area contributed by atoms with Crippen LogP contribution in [0.15, 0.2) is 18.3 Å². The van der Waals surface area contributed by atoms with Crippen LogP contribution < -0.4 is 0 Å². The van der Waals surface area contributed by atoms with E-state index in [1.165, 1.54) is 12.3 Å². The first-order chi connectivity index (χ1) is 5.33. The molecular weight excluding hydrogens is 209 g/mol. The fraction of sp³-hybridized carbons (Fsp3) is 0.375. The monoisotopic (exact) mass is 217 g/mol. The first kappa shape index (κ1) is 8.65. The highest BCUT2D eigenvalue weighted by atomic mass is 79.9. The lowest BCUT2D eigenvalue weighted by molar-refractivity contribution is 0.618. The van der Waals surface area contributed by atoms with Crippen LogP contribution in [0.4, 0.5) is 4.39 Å². The van der Waals surface area contributed by atoms with E-state index in [1.54, 1.807) is 6.07 Å². The first-order valence-electron chi connectivity index (χ1n) is 3.49. The van der Waals surface area contributed by atoms with Crippen LogP contribution in [0, 0.1) is 5.82 Å². The molecule has 0 atom stereocenters. The molecule has 0 unspecified atom stereocenters. The van der Waals surface area contributed by atoms with Crippen LogP contribution in [0.1, 0.15) is 12.1 Å². The van der Waals surface area contributed by atoms with E-state index in [9.17, 15) is 4.39 Å². The zero-order valence-corrected chi connectivity index (χ0v) is 7.64. The largest absolute Gasteiger partial charge is 0.258 e. The van der Waals surface area contributed by atoms with Crippen LogP contribution >= 0.6 is 15.9 Å². The van der Waals surface area contributed by atoms with E-state index in [2.05, 4.69) is 20.9 Å². The van der Waals surface area contributed by atoms with Crippen molar-refractivity contribution >= 4 is 15.9 Å². The molecule has 1 nitrogen and oxygen atoms in total. The molecule has 0 aliphatic carbocycles. The fourth-order valence-electron chi connectivity index (χ4n) is 0.802. The molecule has 3 heteroatoms. The summed E-state index contributed by atoms with van der Waals surface area (Å²) >= 11 is 3.32. The Bertz CT molecular complexity index is 210. The highest BCUT2D eigenvalue weighted by Crippen LogP contribution is 2.02. The minimum atomic E-state index is -0.271. The number of alkyl halides is 1. The molecule has 1 heterocycles. The van der Waals surface area contributed by atoms with Crippen molar-refractivity contribution in [1.29, 1.82) is 0 Å². The molecule has 0 radical (unpaired) electrons. The molecule has 0 amide bonds. The van der Waals surface area contributed by atoms with Crippen molar-refractivity contribution in [3.63, 3.8) is 0 Å². The van der Waals surface area contributed by atoms with Gasteiger partial charge < -0.3 is 0 Å². The number of hydrogen-bond donors (Lipinski definition) is 0. The third kappa shape index (κ3) is 2.97. The highest BCUT2D eigenvalue weighted by Gasteiger charge is 1.93. The third-order valence-electron chi connectivity index (χ3n) is 1.36. The van der Waals surface area contributed by atoms with Gasteiger partial charge in [0.25, 0.3) is 0 Å². The SMILES string of the molecule is Fc1ccc(CCCBr)nc1. The summed E-state index contributed by atoms with van der Waals surface area (Å²) in [6.45, 7) is 0. The van der Waals surface area contributed by atoms with Crippen LogP contribution in [0.5, 0.6) is 0 Å². The maximum Gasteiger partial charge on any atom is 0.141 e. The average Bonchev–Trinajstić information content (AvgIpc) is 2.04. The van der Waals surface area contributed by atoms with Gasteiger partial charge in [-0.25, -0.2) is 4.39 Å². The van der Waals surface area contributed by atoms with E-state index in [4.69, 9.17) is 0 Å². The van der Waals surface area contributed by atoms with E-state index in [1.807, 2.05) is 0 Å². The topological polar surface area (TPSA) is 12.9 Å². The van der Waals surface area contributed by atoms with Gasteiger partial charge in [0.1, 0.15) is 5.82 Å². The Morgan fingerprint density at radius 1 is 1.45 bits per heavy atom. The van der Waals surface area contributed by atoms with Crippen LogP contribution in [-0.4, -0.2) is 10.3 Å². The predicted molar refractivity (Wildman–Crippen MR) is 46.3 cm³/mol. The maximum absolute atomic E-state index is 12.3. The summed E-state index contributed by atoms with van der Waals surface area (Å²) in [6.07, 6.45) is 3.20. The summed E-state index contributed by atoms with van der Waals surface area (Å²) in [7, 11) is 0. The lowest BCUT2D eigenvalue weighted by atomic mass is 10.2. The molecule has 0 fully saturated rings. The van der Waals surface area contributed by atoms with Crippen molar-refractivity contribution in [3.05, 3.63) is 29.8 Å². The Labute approximate surface area is 73.8 Å². The molecule has 0 aliphatic heterocycles. The molecule has 0 saturated heterocycles. The van der Waals surface area contributed by atoms with E-state index in [0.717, 1.165) is 23.9 Å². The third-order valence-corrected chi connectivity index (χ3v) is 1.92. The Morgan fingerprint density at radius 2 is 2.27 bits per heavy atom. The van der Waals surface area contributed by atoms with Crippen molar-refractivity contribution in [3.8, 4) is 0 Å². The smallest absolute Gasteiger partial charge is 0.141 e. The molecule has 0 N–H and O–H groups in total. The summed E-state index contributed by atoms with van der Waals surface area (Å²) in [5, 5.41) is 0.964. The van der Waals surface area contributed by atoms with Crippen LogP contribution in [0.25, 0.3) is 0 Å². The molecular formula is C8H9BrFN. The molecule has 0 spiro atoms. The lowest BCUT2D eigenvalue weighted by Gasteiger charge is -1.96. The number of nitrogens with zero attached hydrogens (tertiary/aromatic N) is 1. The second-order valence-corrected chi connectivity index (χ2v) is 3.05. The second kappa shape index (κ2) is 4.44. The minimum absolute atomic E-state index is 0.271. The number of hydrogen-bond acceptors (Lipinski definition) is 1. The van der Waals surface area contributed by atoms with Crippen molar-refractivity contribution in [2.45, 2.75) is 12.8 Å². The second-order valence-electron chi connectivity index (χ2n) is 2.26. The minimum Gasteiger partial charge on any atom is -0.258 e. The zero-order chi connectivity index (χ0) is 8.10. The van der Waals surface area contributed by atoms with E-state index in [-0.39, 0.29) is 5.82 Å². The van der Waals surface area contributed by atoms with Crippen LogP contribution in [0.3, 0.4) is 0 Å². The van der Waals surface area contributed by atoms with Crippen LogP contribution in [0.2, 0.25) is 0 Å². The van der Waals surface area contributed by atoms with E-state index >= 15 is 0 Å². The van der Waals surface area contributed by atoms with Crippen molar-refractivity contribution < 1.29 is 4.39 Å². The van der Waals surface area contributed by atoms with Crippen molar-refractivity contribution in [1.82, 2.24) is 4.98 Å². The Kier molecular flexibility index (Phi) is 3.49. The van der Waals surface area contributed by atoms with E-state index in [0.29, 0.717) is 0 Å². The summed E-state index contributed by atoms with van der Waals surface area (Å²) < 4.78 is 12.3. The standard InChI is InChI=1S/C8H9BrFN/c9-5-1-2-8-4-3-7(10)6-11-8/h3-4,6H,1-2,5H2. The summed E-state index contributed by atoms with van der Waals surface area (Å²) in [6, 6.07) is 3.16. The summed E-state index contributed by atoms with van der Waals surface area (Å²) in [4.78, 5) is 3.92. The molecule has 0 bridgehead atoms. The number of aryl methyl sites for hydroxylation is 1. The summed E-state index contributed by atoms with van der Waals surface area (Å²) in [5.41, 5.74) is 0.950. The van der Waals surface area contributed by atoms with Gasteiger partial charge in [0, 0.05) is 11.0 Å². The highest BCUT2D eigenvalue weighted by molar-refractivity contribution is 9.09. The van der Waals surface area contributed by atoms with Gasteiger partial charge in [-0.05, 0) is 25.0 Å². The van der Waals surface area contributed by atoms with Crippen LogP contribution in [-0.2, 0) is 6.42 Å². The molecule has 1 aromatic heterocycles. The lowest BCUT2D eigenvalue weighted by Crippen LogP contribution is -1.90. The van der Waals surface area contributed by atoms with Gasteiger partial charge in [0.2, 0.25) is 0 Å². The predicted octanol–water partition coefficient (Wildman–Crippen LogP) is 2.55. The maximum atomic E-state index is 12.3. The van der Waals surface area contributed by atoms with Gasteiger partial charge in [-0.2, -0.15) is 0 Å². The Hall–Kier alpha value is -0.440. The molecule has 0 aliphatic rings. The van der Waals surface area contributed by atoms with Crippen molar-refractivity contribution in [2.75, 3.05) is 5.33 Å². The first-order valence-corrected chi connectivity index (χ1v) is 4.61. The zero-order valence-electron chi connectivity index (χ0n) is 6.06. The van der Waals surface area contributed by atoms with Gasteiger partial charge in [-0.15, -0.1) is 0 Å². The molecule has 60 valence electrons. The number of halogens is 2. The van der Waals surface area contributed by atoms with Gasteiger partial charge in [0.05, 0.1) is 6.20 Å². The molecule has 1 rings (SSSR count). The molecule has 11 heavy (non-hydrogen) atoms. The fourth-order valence-corrected chi connectivity index (χ4v) is 1.08. The summed E-state index contributed by atoms with van der Waals surface area (Å²) in [5.74, 6) is -0.271. The van der Waals surface area contributed by atoms with E-state index < -0.39 is 0 Å². The molecule has 0 aromatic carbocycles. The normalized spacial score (nSPS) is 10.0. The molecule has 1 aromatic rings. The Balaban J connectivity index is 2.52. The molecule has 0 saturated carbocycles. The Morgan fingerprint density at radius 3 is 2.82 bits per heavy atom. The quantitative estimate of drug-likeness (QED) is 0.710. The van der Waals surface area contributed by atoms with Gasteiger partial charge >= 0.3 is 0 Å². The number of rotatable bonds is 3. The number of aromatic nitrogens is 1. The van der Waals surface area contributed by atoms with Gasteiger partial charge in [-0.3, -0.25) is 4.98 Å². The average molecular weight is 218 g/mol. The van der Waals surface area contributed by atoms with Gasteiger partial charge in [0.15, 0.2) is 0 Å². The number of pyridine rings is 1. The van der Waals surface area contributed by atoms with Gasteiger partial charge in [-0.1, -0.05) is 15.9 Å². The van der Waals surface area contributed by atoms with Crippen molar-refractivity contribution in [2.24, 2.45) is 0 Å².